The summed E-state index contributed by atoms with van der Waals surface area (Å²) in [6.07, 6.45) is 0.656. The Balaban J connectivity index is 2.07. The summed E-state index contributed by atoms with van der Waals surface area (Å²) in [7, 11) is 0. The van der Waals surface area contributed by atoms with E-state index < -0.39 is 17.3 Å². The standard InChI is InChI=1S/C22H30FN3O3/c1-5-9-26-17(14-24-10-12-25(13-11-24)22(2,3)4)19(21(28)29)15-7-6-8-16(23)18(15)20(26)27/h6-8H,5,9-14H2,1-4H3,(H,28,29). The number of hydrogen-bond acceptors (Lipinski definition) is 4. The minimum Gasteiger partial charge on any atom is -0.478 e. The summed E-state index contributed by atoms with van der Waals surface area (Å²) >= 11 is 0. The van der Waals surface area contributed by atoms with Gasteiger partial charge in [-0.1, -0.05) is 19.1 Å². The van der Waals surface area contributed by atoms with Gasteiger partial charge in [0.25, 0.3) is 5.56 Å². The quantitative estimate of drug-likeness (QED) is 0.831. The number of pyridine rings is 1. The second kappa shape index (κ2) is 8.24. The van der Waals surface area contributed by atoms with Crippen LogP contribution in [0.3, 0.4) is 0 Å². The van der Waals surface area contributed by atoms with Gasteiger partial charge in [-0.3, -0.25) is 14.6 Å². The molecule has 2 aromatic rings. The van der Waals surface area contributed by atoms with Crippen LogP contribution < -0.4 is 5.56 Å². The molecule has 1 aromatic carbocycles. The summed E-state index contributed by atoms with van der Waals surface area (Å²) in [5.41, 5.74) is 0.133. The molecule has 1 fully saturated rings. The summed E-state index contributed by atoms with van der Waals surface area (Å²) in [5.74, 6) is -1.81. The molecule has 0 unspecified atom stereocenters. The molecule has 0 spiro atoms. The Morgan fingerprint density at radius 3 is 2.38 bits per heavy atom. The fraction of sp³-hybridized carbons (Fsp3) is 0.545. The maximum absolute atomic E-state index is 14.4. The lowest BCUT2D eigenvalue weighted by Crippen LogP contribution is -2.53. The zero-order valence-electron chi connectivity index (χ0n) is 17.7. The minimum absolute atomic E-state index is 0.0331. The van der Waals surface area contributed by atoms with Gasteiger partial charge in [0, 0.05) is 50.2 Å². The Morgan fingerprint density at radius 1 is 1.17 bits per heavy atom. The van der Waals surface area contributed by atoms with Gasteiger partial charge < -0.3 is 9.67 Å². The van der Waals surface area contributed by atoms with Crippen molar-refractivity contribution in [1.29, 1.82) is 0 Å². The smallest absolute Gasteiger partial charge is 0.338 e. The molecule has 0 bridgehead atoms. The van der Waals surface area contributed by atoms with Crippen molar-refractivity contribution in [2.45, 2.75) is 52.7 Å². The number of carboxylic acid groups (broad SMARTS) is 1. The van der Waals surface area contributed by atoms with Crippen molar-refractivity contribution < 1.29 is 14.3 Å². The van der Waals surface area contributed by atoms with Crippen LogP contribution in [0.25, 0.3) is 10.8 Å². The zero-order valence-corrected chi connectivity index (χ0v) is 17.7. The molecule has 1 N–H and O–H groups in total. The van der Waals surface area contributed by atoms with Crippen LogP contribution in [0.2, 0.25) is 0 Å². The van der Waals surface area contributed by atoms with E-state index in [0.29, 0.717) is 25.2 Å². The average molecular weight is 403 g/mol. The number of fused-ring (bicyclic) bond motifs is 1. The molecule has 2 heterocycles. The maximum Gasteiger partial charge on any atom is 0.338 e. The molecule has 0 aliphatic carbocycles. The van der Waals surface area contributed by atoms with Gasteiger partial charge in [0.1, 0.15) is 5.82 Å². The molecule has 29 heavy (non-hydrogen) atoms. The van der Waals surface area contributed by atoms with E-state index in [2.05, 4.69) is 30.6 Å². The van der Waals surface area contributed by atoms with Crippen molar-refractivity contribution in [2.75, 3.05) is 26.2 Å². The average Bonchev–Trinajstić information content (AvgIpc) is 2.64. The third-order valence-corrected chi connectivity index (χ3v) is 5.71. The van der Waals surface area contributed by atoms with Crippen LogP contribution in [0, 0.1) is 5.82 Å². The summed E-state index contributed by atoms with van der Waals surface area (Å²) in [6.45, 7) is 12.5. The second-order valence-electron chi connectivity index (χ2n) is 8.68. The predicted octanol–water partition coefficient (Wildman–Crippen LogP) is 3.16. The van der Waals surface area contributed by atoms with E-state index in [1.807, 2.05) is 6.92 Å². The third-order valence-electron chi connectivity index (χ3n) is 5.71. The van der Waals surface area contributed by atoms with E-state index in [9.17, 15) is 19.1 Å². The molecule has 0 saturated carbocycles. The van der Waals surface area contributed by atoms with Gasteiger partial charge in [0.15, 0.2) is 0 Å². The zero-order chi connectivity index (χ0) is 21.3. The summed E-state index contributed by atoms with van der Waals surface area (Å²) in [6, 6.07) is 4.19. The summed E-state index contributed by atoms with van der Waals surface area (Å²) < 4.78 is 15.9. The van der Waals surface area contributed by atoms with Crippen molar-refractivity contribution in [3.05, 3.63) is 45.6 Å². The van der Waals surface area contributed by atoms with E-state index in [0.717, 1.165) is 26.2 Å². The highest BCUT2D eigenvalue weighted by atomic mass is 19.1. The van der Waals surface area contributed by atoms with Crippen LogP contribution in [0.4, 0.5) is 4.39 Å². The van der Waals surface area contributed by atoms with Crippen LogP contribution in [0.15, 0.2) is 23.0 Å². The number of piperazine rings is 1. The number of carbonyl (C=O) groups is 1. The Kier molecular flexibility index (Phi) is 6.10. The van der Waals surface area contributed by atoms with Crippen molar-refractivity contribution in [3.8, 4) is 0 Å². The molecule has 1 aliphatic rings. The normalized spacial score (nSPS) is 16.4. The minimum atomic E-state index is -1.13. The Hall–Kier alpha value is -2.25. The van der Waals surface area contributed by atoms with E-state index in [1.165, 1.54) is 22.8 Å². The van der Waals surface area contributed by atoms with Gasteiger partial charge in [-0.15, -0.1) is 0 Å². The molecule has 3 rings (SSSR count). The van der Waals surface area contributed by atoms with Crippen molar-refractivity contribution in [1.82, 2.24) is 14.4 Å². The van der Waals surface area contributed by atoms with Crippen LogP contribution in [-0.4, -0.2) is 57.2 Å². The lowest BCUT2D eigenvalue weighted by molar-refractivity contribution is 0.0572. The fourth-order valence-corrected chi connectivity index (χ4v) is 4.15. The van der Waals surface area contributed by atoms with Gasteiger partial charge in [-0.25, -0.2) is 9.18 Å². The first-order chi connectivity index (χ1) is 13.6. The second-order valence-corrected chi connectivity index (χ2v) is 8.68. The maximum atomic E-state index is 14.4. The van der Waals surface area contributed by atoms with E-state index >= 15 is 0 Å². The Labute approximate surface area is 170 Å². The summed E-state index contributed by atoms with van der Waals surface area (Å²) in [5, 5.41) is 9.99. The molecule has 0 amide bonds. The van der Waals surface area contributed by atoms with Gasteiger partial charge >= 0.3 is 5.97 Å². The van der Waals surface area contributed by atoms with Gasteiger partial charge in [-0.05, 0) is 33.3 Å². The molecule has 1 saturated heterocycles. The molecule has 0 atom stereocenters. The molecule has 6 nitrogen and oxygen atoms in total. The topological polar surface area (TPSA) is 65.8 Å². The number of aromatic carboxylic acids is 1. The number of halogens is 1. The third kappa shape index (κ3) is 4.21. The lowest BCUT2D eigenvalue weighted by atomic mass is 10.0. The number of aromatic nitrogens is 1. The number of rotatable bonds is 5. The summed E-state index contributed by atoms with van der Waals surface area (Å²) in [4.78, 5) is 29.8. The predicted molar refractivity (Wildman–Crippen MR) is 112 cm³/mol. The Morgan fingerprint density at radius 2 is 1.83 bits per heavy atom. The van der Waals surface area contributed by atoms with Crippen LogP contribution >= 0.6 is 0 Å². The van der Waals surface area contributed by atoms with Gasteiger partial charge in [0.2, 0.25) is 0 Å². The van der Waals surface area contributed by atoms with Crippen LogP contribution in [0.1, 0.15) is 50.2 Å². The first-order valence-electron chi connectivity index (χ1n) is 10.2. The van der Waals surface area contributed by atoms with E-state index in [1.54, 1.807) is 0 Å². The van der Waals surface area contributed by atoms with E-state index in [-0.39, 0.29) is 21.9 Å². The number of carboxylic acids is 1. The Bertz CT molecular complexity index is 970. The number of hydrogen-bond donors (Lipinski definition) is 1. The van der Waals surface area contributed by atoms with Crippen LogP contribution in [-0.2, 0) is 13.1 Å². The highest BCUT2D eigenvalue weighted by Gasteiger charge is 2.28. The van der Waals surface area contributed by atoms with E-state index in [4.69, 9.17) is 0 Å². The van der Waals surface area contributed by atoms with Gasteiger partial charge in [-0.2, -0.15) is 0 Å². The van der Waals surface area contributed by atoms with Crippen molar-refractivity contribution >= 4 is 16.7 Å². The highest BCUT2D eigenvalue weighted by molar-refractivity contribution is 6.04. The highest BCUT2D eigenvalue weighted by Crippen LogP contribution is 2.25. The molecule has 158 valence electrons. The number of nitrogens with zero attached hydrogens (tertiary/aromatic N) is 3. The first kappa shape index (κ1) is 21.5. The van der Waals surface area contributed by atoms with Gasteiger partial charge in [0.05, 0.1) is 16.6 Å². The number of benzene rings is 1. The molecule has 1 aromatic heterocycles. The largest absolute Gasteiger partial charge is 0.478 e. The van der Waals surface area contributed by atoms with Crippen molar-refractivity contribution in [2.24, 2.45) is 0 Å². The molecular weight excluding hydrogens is 373 g/mol. The molecule has 0 radical (unpaired) electrons. The fourth-order valence-electron chi connectivity index (χ4n) is 4.15. The SMILES string of the molecule is CCCn1c(CN2CCN(C(C)(C)C)CC2)c(C(=O)O)c2cccc(F)c2c1=O. The van der Waals surface area contributed by atoms with Crippen molar-refractivity contribution in [3.63, 3.8) is 0 Å². The first-order valence-corrected chi connectivity index (χ1v) is 10.2. The lowest BCUT2D eigenvalue weighted by Gasteiger charge is -2.42. The van der Waals surface area contributed by atoms with Crippen LogP contribution in [0.5, 0.6) is 0 Å². The molecule has 1 aliphatic heterocycles. The molecule has 7 heteroatoms. The molecular formula is C22H30FN3O3. The monoisotopic (exact) mass is 403 g/mol.